The van der Waals surface area contributed by atoms with Crippen molar-refractivity contribution in [2.75, 3.05) is 31.8 Å². The van der Waals surface area contributed by atoms with Crippen molar-refractivity contribution in [3.8, 4) is 0 Å². The van der Waals surface area contributed by atoms with Gasteiger partial charge in [-0.1, -0.05) is 0 Å². The second-order valence-electron chi connectivity index (χ2n) is 4.60. The van der Waals surface area contributed by atoms with Crippen LogP contribution in [-0.2, 0) is 14.6 Å². The quantitative estimate of drug-likeness (QED) is 0.748. The molecule has 88 valence electrons. The van der Waals surface area contributed by atoms with Gasteiger partial charge in [-0.3, -0.25) is 0 Å². The predicted octanol–water partition coefficient (Wildman–Crippen LogP) is 0.0456. The monoisotopic (exact) mass is 233 g/mol. The summed E-state index contributed by atoms with van der Waals surface area (Å²) < 4.78 is 28.2. The maximum absolute atomic E-state index is 11.4. The van der Waals surface area contributed by atoms with Crippen LogP contribution in [0, 0.1) is 11.8 Å². The maximum atomic E-state index is 11.4. The minimum Gasteiger partial charge on any atom is -0.381 e. The average molecular weight is 233 g/mol. The van der Waals surface area contributed by atoms with E-state index >= 15 is 0 Å². The molecule has 0 aromatic rings. The van der Waals surface area contributed by atoms with Crippen LogP contribution in [-0.4, -0.2) is 46.2 Å². The van der Waals surface area contributed by atoms with Gasteiger partial charge in [0.15, 0.2) is 9.84 Å². The van der Waals surface area contributed by atoms with Crippen molar-refractivity contribution in [2.24, 2.45) is 11.8 Å². The molecule has 2 saturated heterocycles. The maximum Gasteiger partial charge on any atom is 0.150 e. The number of sulfone groups is 1. The summed E-state index contributed by atoms with van der Waals surface area (Å²) in [5, 5.41) is 3.28. The molecule has 0 amide bonds. The van der Waals surface area contributed by atoms with E-state index in [1.807, 2.05) is 7.05 Å². The van der Waals surface area contributed by atoms with E-state index in [0.29, 0.717) is 23.5 Å². The topological polar surface area (TPSA) is 55.4 Å². The van der Waals surface area contributed by atoms with Crippen LogP contribution < -0.4 is 5.32 Å². The van der Waals surface area contributed by atoms with Crippen LogP contribution in [0.5, 0.6) is 0 Å². The Labute approximate surface area is 91.3 Å². The van der Waals surface area contributed by atoms with Crippen LogP contribution in [0.3, 0.4) is 0 Å². The first kappa shape index (κ1) is 11.4. The molecule has 5 heteroatoms. The lowest BCUT2D eigenvalue weighted by Crippen LogP contribution is -2.41. The van der Waals surface area contributed by atoms with E-state index < -0.39 is 9.84 Å². The molecule has 0 radical (unpaired) electrons. The van der Waals surface area contributed by atoms with Gasteiger partial charge < -0.3 is 10.1 Å². The fourth-order valence-corrected chi connectivity index (χ4v) is 4.65. The van der Waals surface area contributed by atoms with E-state index in [0.717, 1.165) is 26.1 Å². The molecule has 0 aromatic heterocycles. The zero-order valence-corrected chi connectivity index (χ0v) is 9.92. The van der Waals surface area contributed by atoms with Gasteiger partial charge in [0, 0.05) is 18.6 Å². The van der Waals surface area contributed by atoms with E-state index in [4.69, 9.17) is 4.74 Å². The molecule has 3 atom stereocenters. The number of nitrogens with one attached hydrogen (secondary N) is 1. The lowest BCUT2D eigenvalue weighted by atomic mass is 9.87. The lowest BCUT2D eigenvalue weighted by molar-refractivity contribution is 0.169. The van der Waals surface area contributed by atoms with Crippen LogP contribution in [0.1, 0.15) is 12.8 Å². The molecule has 15 heavy (non-hydrogen) atoms. The number of hydrogen-bond acceptors (Lipinski definition) is 4. The zero-order valence-electron chi connectivity index (χ0n) is 9.11. The molecule has 2 aliphatic heterocycles. The molecule has 2 aliphatic rings. The average Bonchev–Trinajstić information content (AvgIpc) is 2.77. The summed E-state index contributed by atoms with van der Waals surface area (Å²) in [7, 11) is -0.836. The van der Waals surface area contributed by atoms with Crippen molar-refractivity contribution >= 4 is 9.84 Å². The van der Waals surface area contributed by atoms with Crippen LogP contribution in [0.25, 0.3) is 0 Å². The van der Waals surface area contributed by atoms with Crippen molar-refractivity contribution in [2.45, 2.75) is 18.9 Å². The fraction of sp³-hybridized carbons (Fsp3) is 1.00. The summed E-state index contributed by atoms with van der Waals surface area (Å²) in [6, 6.07) is 0.310. The third kappa shape index (κ3) is 2.52. The summed E-state index contributed by atoms with van der Waals surface area (Å²) in [5.74, 6) is 1.50. The van der Waals surface area contributed by atoms with Gasteiger partial charge in [-0.2, -0.15) is 0 Å². The van der Waals surface area contributed by atoms with Crippen LogP contribution in [0.2, 0.25) is 0 Å². The minimum atomic E-state index is -2.76. The minimum absolute atomic E-state index is 0.284. The molecule has 4 nitrogen and oxygen atoms in total. The highest BCUT2D eigenvalue weighted by Crippen LogP contribution is 2.29. The SMILES string of the molecule is CNC(C1CCOC1)C1CCS(=O)(=O)C1. The van der Waals surface area contributed by atoms with Gasteiger partial charge in [0.25, 0.3) is 0 Å². The third-order valence-electron chi connectivity index (χ3n) is 3.58. The van der Waals surface area contributed by atoms with Crippen molar-refractivity contribution in [1.82, 2.24) is 5.32 Å². The number of ether oxygens (including phenoxy) is 1. The highest BCUT2D eigenvalue weighted by atomic mass is 32.2. The number of rotatable bonds is 3. The molecule has 2 heterocycles. The Bertz CT molecular complexity index is 309. The largest absolute Gasteiger partial charge is 0.381 e. The van der Waals surface area contributed by atoms with E-state index in [9.17, 15) is 8.42 Å². The standard InChI is InChI=1S/C10H19NO3S/c1-11-10(8-2-4-14-6-8)9-3-5-15(12,13)7-9/h8-11H,2-7H2,1H3. The van der Waals surface area contributed by atoms with Crippen molar-refractivity contribution in [3.05, 3.63) is 0 Å². The second-order valence-corrected chi connectivity index (χ2v) is 6.83. The van der Waals surface area contributed by atoms with Gasteiger partial charge in [0.2, 0.25) is 0 Å². The van der Waals surface area contributed by atoms with Gasteiger partial charge >= 0.3 is 0 Å². The smallest absolute Gasteiger partial charge is 0.150 e. The summed E-state index contributed by atoms with van der Waals surface area (Å²) in [6.45, 7) is 1.60. The molecule has 0 spiro atoms. The molecule has 2 rings (SSSR count). The lowest BCUT2D eigenvalue weighted by Gasteiger charge is -2.26. The Balaban J connectivity index is 2.01. The first-order chi connectivity index (χ1) is 7.12. The number of hydrogen-bond donors (Lipinski definition) is 1. The van der Waals surface area contributed by atoms with Crippen LogP contribution in [0.15, 0.2) is 0 Å². The van der Waals surface area contributed by atoms with E-state index in [1.54, 1.807) is 0 Å². The Morgan fingerprint density at radius 1 is 1.33 bits per heavy atom. The van der Waals surface area contributed by atoms with E-state index in [2.05, 4.69) is 5.32 Å². The Morgan fingerprint density at radius 3 is 2.60 bits per heavy atom. The van der Waals surface area contributed by atoms with Gasteiger partial charge in [0.05, 0.1) is 18.1 Å². The third-order valence-corrected chi connectivity index (χ3v) is 5.38. The molecule has 0 bridgehead atoms. The van der Waals surface area contributed by atoms with Crippen molar-refractivity contribution < 1.29 is 13.2 Å². The van der Waals surface area contributed by atoms with Gasteiger partial charge in [-0.25, -0.2) is 8.42 Å². The summed E-state index contributed by atoms with van der Waals surface area (Å²) in [5.41, 5.74) is 0. The molecule has 1 N–H and O–H groups in total. The Hall–Kier alpha value is -0.130. The normalized spacial score (nSPS) is 36.9. The summed E-state index contributed by atoms with van der Waals surface area (Å²) in [6.07, 6.45) is 1.87. The molecular weight excluding hydrogens is 214 g/mol. The predicted molar refractivity (Wildman–Crippen MR) is 58.5 cm³/mol. The van der Waals surface area contributed by atoms with E-state index in [-0.39, 0.29) is 5.92 Å². The first-order valence-corrected chi connectivity index (χ1v) is 7.40. The highest BCUT2D eigenvalue weighted by molar-refractivity contribution is 7.91. The van der Waals surface area contributed by atoms with Crippen molar-refractivity contribution in [1.29, 1.82) is 0 Å². The van der Waals surface area contributed by atoms with Crippen LogP contribution in [0.4, 0.5) is 0 Å². The van der Waals surface area contributed by atoms with Crippen molar-refractivity contribution in [3.63, 3.8) is 0 Å². The molecule has 0 aliphatic carbocycles. The molecular formula is C10H19NO3S. The van der Waals surface area contributed by atoms with E-state index in [1.165, 1.54) is 0 Å². The van der Waals surface area contributed by atoms with Gasteiger partial charge in [-0.15, -0.1) is 0 Å². The summed E-state index contributed by atoms with van der Waals surface area (Å²) >= 11 is 0. The highest BCUT2D eigenvalue weighted by Gasteiger charge is 2.37. The van der Waals surface area contributed by atoms with Gasteiger partial charge in [0.1, 0.15) is 0 Å². The summed E-state index contributed by atoms with van der Waals surface area (Å²) in [4.78, 5) is 0. The van der Waals surface area contributed by atoms with Gasteiger partial charge in [-0.05, 0) is 25.8 Å². The Kier molecular flexibility index (Phi) is 3.33. The zero-order chi connectivity index (χ0) is 10.9. The molecule has 2 fully saturated rings. The Morgan fingerprint density at radius 2 is 2.13 bits per heavy atom. The molecule has 3 unspecified atom stereocenters. The first-order valence-electron chi connectivity index (χ1n) is 5.58. The molecule has 0 saturated carbocycles. The fourth-order valence-electron chi connectivity index (χ4n) is 2.80. The molecule has 0 aromatic carbocycles. The second kappa shape index (κ2) is 4.39. The van der Waals surface area contributed by atoms with Crippen LogP contribution >= 0.6 is 0 Å².